The predicted octanol–water partition coefficient (Wildman–Crippen LogP) is 4.23. The van der Waals surface area contributed by atoms with Crippen molar-refractivity contribution < 1.29 is 9.18 Å². The first-order valence-electron chi connectivity index (χ1n) is 12.4. The number of amides is 1. The number of rotatable bonds is 5. The maximum atomic E-state index is 15.0. The average Bonchev–Trinajstić information content (AvgIpc) is 3.36. The van der Waals surface area contributed by atoms with E-state index in [0.29, 0.717) is 48.0 Å². The van der Waals surface area contributed by atoms with Crippen molar-refractivity contribution in [3.8, 4) is 0 Å². The van der Waals surface area contributed by atoms with Crippen molar-refractivity contribution in [2.24, 2.45) is 5.92 Å². The number of halogens is 2. The van der Waals surface area contributed by atoms with E-state index in [4.69, 9.17) is 5.41 Å². The molecule has 3 atom stereocenters. The van der Waals surface area contributed by atoms with Gasteiger partial charge in [0.25, 0.3) is 0 Å². The van der Waals surface area contributed by atoms with Crippen LogP contribution in [0.4, 0.5) is 4.39 Å². The van der Waals surface area contributed by atoms with Crippen molar-refractivity contribution in [1.29, 1.82) is 5.41 Å². The van der Waals surface area contributed by atoms with Crippen LogP contribution in [0.5, 0.6) is 0 Å². The van der Waals surface area contributed by atoms with Gasteiger partial charge in [0.05, 0.1) is 5.92 Å². The zero-order valence-corrected chi connectivity index (χ0v) is 22.3. The number of benzene rings is 1. The highest BCUT2D eigenvalue weighted by atomic mass is 79.9. The van der Waals surface area contributed by atoms with Gasteiger partial charge in [-0.3, -0.25) is 10.2 Å². The van der Waals surface area contributed by atoms with Crippen LogP contribution in [0, 0.1) is 17.1 Å². The largest absolute Gasteiger partial charge is 0.391 e. The van der Waals surface area contributed by atoms with Crippen molar-refractivity contribution in [3.05, 3.63) is 45.3 Å². The van der Waals surface area contributed by atoms with Crippen molar-refractivity contribution in [2.75, 3.05) is 33.2 Å². The van der Waals surface area contributed by atoms with Crippen LogP contribution in [0.2, 0.25) is 0 Å². The Hall–Kier alpha value is -1.93. The van der Waals surface area contributed by atoms with E-state index >= 15 is 4.39 Å². The molecule has 3 aliphatic rings. The molecule has 1 aromatic carbocycles. The molecule has 1 aromatic rings. The molecule has 34 heavy (non-hydrogen) atoms. The van der Waals surface area contributed by atoms with E-state index in [1.165, 1.54) is 6.07 Å². The Morgan fingerprint density at radius 3 is 2.50 bits per heavy atom. The van der Waals surface area contributed by atoms with Gasteiger partial charge in [-0.1, -0.05) is 28.9 Å². The maximum Gasteiger partial charge on any atom is 0.231 e. The third kappa shape index (κ3) is 5.03. The molecule has 0 spiro atoms. The van der Waals surface area contributed by atoms with Gasteiger partial charge in [0.15, 0.2) is 0 Å². The number of carbonyl (C=O) groups excluding carboxylic acids is 1. The first-order chi connectivity index (χ1) is 16.1. The number of nitrogens with zero attached hydrogens (tertiary/aromatic N) is 2. The lowest BCUT2D eigenvalue weighted by Gasteiger charge is -2.39. The Morgan fingerprint density at radius 1 is 1.24 bits per heavy atom. The standard InChI is InChI=1S/C26H37BrFN5O/c1-16-5-8-20(30-4)22(16)24(29)32-11-13-33(14-12-32)25(34)23(21-9-10-26(2,3)31-21)18-7-6-17(27)15-19(18)28/h6-7,15-16,21,23,29-31H,5,8-14H2,1-4H3/t16-,21+,23+/m1/s1. The van der Waals surface area contributed by atoms with Crippen molar-refractivity contribution in [3.63, 3.8) is 0 Å². The summed E-state index contributed by atoms with van der Waals surface area (Å²) in [4.78, 5) is 17.8. The Labute approximate surface area is 211 Å². The van der Waals surface area contributed by atoms with E-state index in [2.05, 4.69) is 52.2 Å². The lowest BCUT2D eigenvalue weighted by atomic mass is 9.88. The van der Waals surface area contributed by atoms with Crippen molar-refractivity contribution in [1.82, 2.24) is 20.4 Å². The third-order valence-corrected chi connectivity index (χ3v) is 8.23. The molecule has 2 fully saturated rings. The van der Waals surface area contributed by atoms with Gasteiger partial charge in [-0.15, -0.1) is 0 Å². The normalized spacial score (nSPS) is 25.6. The van der Waals surface area contributed by atoms with Crippen LogP contribution in [0.1, 0.15) is 57.9 Å². The molecule has 0 saturated carbocycles. The summed E-state index contributed by atoms with van der Waals surface area (Å²) < 4.78 is 15.7. The van der Waals surface area contributed by atoms with E-state index in [0.717, 1.165) is 37.0 Å². The molecule has 0 unspecified atom stereocenters. The van der Waals surface area contributed by atoms with Gasteiger partial charge < -0.3 is 20.4 Å². The number of allylic oxidation sites excluding steroid dienone is 1. The van der Waals surface area contributed by atoms with Gasteiger partial charge in [-0.25, -0.2) is 4.39 Å². The molecule has 0 aromatic heterocycles. The van der Waals surface area contributed by atoms with Crippen molar-refractivity contribution >= 4 is 27.7 Å². The van der Waals surface area contributed by atoms with Gasteiger partial charge in [0.2, 0.25) is 5.91 Å². The zero-order chi connectivity index (χ0) is 24.6. The summed E-state index contributed by atoms with van der Waals surface area (Å²) in [6.07, 6.45) is 3.84. The molecule has 0 bridgehead atoms. The lowest BCUT2D eigenvalue weighted by molar-refractivity contribution is -0.134. The summed E-state index contributed by atoms with van der Waals surface area (Å²) in [5.41, 5.74) is 2.66. The van der Waals surface area contributed by atoms with Crippen LogP contribution in [0.25, 0.3) is 0 Å². The molecular weight excluding hydrogens is 497 g/mol. The number of hydrogen-bond acceptors (Lipinski definition) is 4. The minimum absolute atomic E-state index is 0.0213. The van der Waals surface area contributed by atoms with Gasteiger partial charge in [0, 0.05) is 66.1 Å². The first-order valence-corrected chi connectivity index (χ1v) is 13.2. The summed E-state index contributed by atoms with van der Waals surface area (Å²) in [7, 11) is 1.93. The number of hydrogen-bond donors (Lipinski definition) is 3. The molecule has 1 aliphatic carbocycles. The van der Waals surface area contributed by atoms with Gasteiger partial charge in [0.1, 0.15) is 11.7 Å². The third-order valence-electron chi connectivity index (χ3n) is 7.73. The minimum atomic E-state index is -0.561. The molecule has 186 valence electrons. The van der Waals surface area contributed by atoms with E-state index in [9.17, 15) is 4.79 Å². The van der Waals surface area contributed by atoms with Gasteiger partial charge >= 0.3 is 0 Å². The van der Waals surface area contributed by atoms with Crippen molar-refractivity contribution in [2.45, 2.75) is 64.0 Å². The SMILES string of the molecule is CNC1=C(C(=N)N2CCN(C(=O)[C@@H](c3ccc(Br)cc3F)[C@@H]3CCC(C)(C)N3)CC2)[C@H](C)CC1. The molecular formula is C26H37BrFN5O. The monoisotopic (exact) mass is 533 g/mol. The predicted molar refractivity (Wildman–Crippen MR) is 137 cm³/mol. The summed E-state index contributed by atoms with van der Waals surface area (Å²) in [6.45, 7) is 8.78. The lowest BCUT2D eigenvalue weighted by Crippen LogP contribution is -2.54. The molecule has 1 amide bonds. The fourth-order valence-corrected chi connectivity index (χ4v) is 6.11. The molecule has 3 N–H and O–H groups in total. The summed E-state index contributed by atoms with van der Waals surface area (Å²) in [6, 6.07) is 4.91. The minimum Gasteiger partial charge on any atom is -0.391 e. The molecule has 0 radical (unpaired) electrons. The molecule has 2 aliphatic heterocycles. The van der Waals surface area contributed by atoms with E-state index in [1.807, 2.05) is 18.0 Å². The van der Waals surface area contributed by atoms with E-state index < -0.39 is 5.92 Å². The highest BCUT2D eigenvalue weighted by molar-refractivity contribution is 9.10. The summed E-state index contributed by atoms with van der Waals surface area (Å²) >= 11 is 3.34. The second-order valence-electron chi connectivity index (χ2n) is 10.6. The number of amidine groups is 1. The van der Waals surface area contributed by atoms with Gasteiger partial charge in [-0.05, 0) is 57.6 Å². The summed E-state index contributed by atoms with van der Waals surface area (Å²) in [5, 5.41) is 15.7. The first kappa shape index (κ1) is 25.2. The van der Waals surface area contributed by atoms with Crippen LogP contribution < -0.4 is 10.6 Å². The average molecular weight is 535 g/mol. The van der Waals surface area contributed by atoms with Crippen LogP contribution in [0.15, 0.2) is 33.9 Å². The number of carbonyl (C=O) groups is 1. The van der Waals surface area contributed by atoms with E-state index in [1.54, 1.807) is 6.07 Å². The molecule has 2 saturated heterocycles. The molecule has 6 nitrogen and oxygen atoms in total. The van der Waals surface area contributed by atoms with Gasteiger partial charge in [-0.2, -0.15) is 0 Å². The fraction of sp³-hybridized carbons (Fsp3) is 0.615. The van der Waals surface area contributed by atoms with E-state index in [-0.39, 0.29) is 23.3 Å². The quantitative estimate of drug-likeness (QED) is 0.391. The molecule has 4 rings (SSSR count). The van der Waals surface area contributed by atoms with Crippen LogP contribution in [-0.4, -0.2) is 66.4 Å². The topological polar surface area (TPSA) is 71.5 Å². The van der Waals surface area contributed by atoms with Crippen LogP contribution >= 0.6 is 15.9 Å². The van der Waals surface area contributed by atoms with Crippen LogP contribution in [0.3, 0.4) is 0 Å². The molecule has 8 heteroatoms. The maximum absolute atomic E-state index is 15.0. The Kier molecular flexibility index (Phi) is 7.38. The second-order valence-corrected chi connectivity index (χ2v) is 11.5. The highest BCUT2D eigenvalue weighted by Crippen LogP contribution is 2.36. The highest BCUT2D eigenvalue weighted by Gasteiger charge is 2.42. The Bertz CT molecular complexity index is 985. The molecule has 2 heterocycles. The smallest absolute Gasteiger partial charge is 0.231 e. The Morgan fingerprint density at radius 2 is 1.91 bits per heavy atom. The number of nitrogens with one attached hydrogen (secondary N) is 3. The second kappa shape index (κ2) is 9.97. The number of piperazine rings is 1. The summed E-state index contributed by atoms with van der Waals surface area (Å²) in [5.74, 6) is 0.0232. The van der Waals surface area contributed by atoms with Crippen LogP contribution in [-0.2, 0) is 4.79 Å². The zero-order valence-electron chi connectivity index (χ0n) is 20.7. The fourth-order valence-electron chi connectivity index (χ4n) is 5.78. The Balaban J connectivity index is 1.50.